The number of benzene rings is 1. The Balaban J connectivity index is 2.12. The van der Waals surface area contributed by atoms with Gasteiger partial charge in [0.25, 0.3) is 0 Å². The summed E-state index contributed by atoms with van der Waals surface area (Å²) in [6, 6.07) is 7.35. The van der Waals surface area contributed by atoms with Gasteiger partial charge in [-0.2, -0.15) is 0 Å². The number of halogens is 1. The second kappa shape index (κ2) is 8.26. The first kappa shape index (κ1) is 18.4. The highest BCUT2D eigenvalue weighted by Gasteiger charge is 2.21. The van der Waals surface area contributed by atoms with E-state index >= 15 is 0 Å². The van der Waals surface area contributed by atoms with E-state index in [0.717, 1.165) is 10.6 Å². The minimum Gasteiger partial charge on any atom is -0.468 e. The Labute approximate surface area is 150 Å². The van der Waals surface area contributed by atoms with Crippen molar-refractivity contribution in [1.82, 2.24) is 9.88 Å². The number of aromatic nitrogens is 1. The number of rotatable bonds is 6. The van der Waals surface area contributed by atoms with E-state index in [0.29, 0.717) is 10.7 Å². The van der Waals surface area contributed by atoms with E-state index in [-0.39, 0.29) is 24.9 Å². The number of hydrogen-bond donors (Lipinski definition) is 0. The topological polar surface area (TPSA) is 59.5 Å². The minimum absolute atomic E-state index is 0.0610. The van der Waals surface area contributed by atoms with E-state index in [9.17, 15) is 9.59 Å². The zero-order chi connectivity index (χ0) is 17.7. The van der Waals surface area contributed by atoms with Gasteiger partial charge in [-0.05, 0) is 19.9 Å². The summed E-state index contributed by atoms with van der Waals surface area (Å²) in [4.78, 5) is 29.9. The third-order valence-corrected chi connectivity index (χ3v) is 4.71. The molecule has 0 atom stereocenters. The molecule has 1 aromatic heterocycles. The van der Waals surface area contributed by atoms with Crippen LogP contribution in [0.5, 0.6) is 0 Å². The molecule has 1 amide bonds. The van der Waals surface area contributed by atoms with Gasteiger partial charge in [-0.1, -0.05) is 29.8 Å². The van der Waals surface area contributed by atoms with Crippen LogP contribution in [0.2, 0.25) is 5.02 Å². The Morgan fingerprint density at radius 3 is 2.67 bits per heavy atom. The highest BCUT2D eigenvalue weighted by atomic mass is 35.5. The molecule has 2 rings (SSSR count). The Morgan fingerprint density at radius 2 is 2.04 bits per heavy atom. The van der Waals surface area contributed by atoms with Crippen molar-refractivity contribution >= 4 is 34.8 Å². The number of carbonyl (C=O) groups excluding carboxylic acids is 2. The highest BCUT2D eigenvalue weighted by Crippen LogP contribution is 2.30. The fourth-order valence-corrected chi connectivity index (χ4v) is 3.31. The van der Waals surface area contributed by atoms with Crippen molar-refractivity contribution < 1.29 is 14.3 Å². The zero-order valence-electron chi connectivity index (χ0n) is 13.8. The van der Waals surface area contributed by atoms with Crippen molar-refractivity contribution in [2.75, 3.05) is 13.7 Å². The predicted octanol–water partition coefficient (Wildman–Crippen LogP) is 3.42. The average Bonchev–Trinajstić information content (AvgIpc) is 3.00. The molecule has 0 spiro atoms. The fourth-order valence-electron chi connectivity index (χ4n) is 2.17. The van der Waals surface area contributed by atoms with Crippen LogP contribution in [-0.4, -0.2) is 41.5 Å². The van der Waals surface area contributed by atoms with Gasteiger partial charge in [0.2, 0.25) is 5.91 Å². The van der Waals surface area contributed by atoms with Crippen molar-refractivity contribution in [1.29, 1.82) is 0 Å². The van der Waals surface area contributed by atoms with Crippen LogP contribution < -0.4 is 0 Å². The molecule has 0 aliphatic rings. The molecular weight excluding hydrogens is 348 g/mol. The first-order valence-electron chi connectivity index (χ1n) is 7.48. The standard InChI is InChI=1S/C17H19ClN2O3S/c1-11(2)20(9-16(22)23-3)15(21)8-12-10-24-17(19-12)13-6-4-5-7-14(13)18/h4-7,10-11H,8-9H2,1-3H3. The largest absolute Gasteiger partial charge is 0.468 e. The fraction of sp³-hybridized carbons (Fsp3) is 0.353. The maximum Gasteiger partial charge on any atom is 0.325 e. The summed E-state index contributed by atoms with van der Waals surface area (Å²) >= 11 is 7.62. The molecular formula is C17H19ClN2O3S. The van der Waals surface area contributed by atoms with Crippen LogP contribution in [0.4, 0.5) is 0 Å². The molecule has 2 aromatic rings. The number of hydrogen-bond acceptors (Lipinski definition) is 5. The predicted molar refractivity (Wildman–Crippen MR) is 95.1 cm³/mol. The number of amides is 1. The Morgan fingerprint density at radius 1 is 1.33 bits per heavy atom. The van der Waals surface area contributed by atoms with Crippen LogP contribution >= 0.6 is 22.9 Å². The van der Waals surface area contributed by atoms with Crippen LogP contribution in [-0.2, 0) is 20.7 Å². The van der Waals surface area contributed by atoms with E-state index < -0.39 is 5.97 Å². The van der Waals surface area contributed by atoms with Crippen molar-refractivity contribution in [3.8, 4) is 10.6 Å². The number of methoxy groups -OCH3 is 1. The minimum atomic E-state index is -0.438. The molecule has 0 aliphatic carbocycles. The van der Waals surface area contributed by atoms with Gasteiger partial charge in [-0.3, -0.25) is 9.59 Å². The summed E-state index contributed by atoms with van der Waals surface area (Å²) in [5.41, 5.74) is 1.51. The van der Waals surface area contributed by atoms with Crippen molar-refractivity contribution in [3.05, 3.63) is 40.4 Å². The van der Waals surface area contributed by atoms with Gasteiger partial charge in [0, 0.05) is 17.0 Å². The summed E-state index contributed by atoms with van der Waals surface area (Å²) in [6.45, 7) is 3.66. The summed E-state index contributed by atoms with van der Waals surface area (Å²) in [7, 11) is 1.31. The molecule has 1 aromatic carbocycles. The van der Waals surface area contributed by atoms with Gasteiger partial charge < -0.3 is 9.64 Å². The molecule has 0 unspecified atom stereocenters. The van der Waals surface area contributed by atoms with E-state index in [1.165, 1.54) is 23.3 Å². The molecule has 0 bridgehead atoms. The van der Waals surface area contributed by atoms with Crippen LogP contribution in [0.25, 0.3) is 10.6 Å². The van der Waals surface area contributed by atoms with E-state index in [1.54, 1.807) is 6.07 Å². The Bertz CT molecular complexity index is 730. The smallest absolute Gasteiger partial charge is 0.325 e. The summed E-state index contributed by atoms with van der Waals surface area (Å²) in [5.74, 6) is -0.599. The summed E-state index contributed by atoms with van der Waals surface area (Å²) in [5, 5.41) is 3.24. The third-order valence-electron chi connectivity index (χ3n) is 3.46. The number of nitrogens with zero attached hydrogens (tertiary/aromatic N) is 2. The molecule has 0 saturated heterocycles. The lowest BCUT2D eigenvalue weighted by Crippen LogP contribution is -2.41. The number of ether oxygens (including phenoxy) is 1. The van der Waals surface area contributed by atoms with Crippen LogP contribution in [0.15, 0.2) is 29.6 Å². The molecule has 0 aliphatic heterocycles. The van der Waals surface area contributed by atoms with Gasteiger partial charge >= 0.3 is 5.97 Å². The first-order valence-corrected chi connectivity index (χ1v) is 8.73. The molecule has 0 radical (unpaired) electrons. The normalized spacial score (nSPS) is 10.7. The lowest BCUT2D eigenvalue weighted by atomic mass is 10.2. The van der Waals surface area contributed by atoms with Gasteiger partial charge in [0.15, 0.2) is 0 Å². The highest BCUT2D eigenvalue weighted by molar-refractivity contribution is 7.13. The molecule has 24 heavy (non-hydrogen) atoms. The lowest BCUT2D eigenvalue weighted by molar-refractivity contribution is -0.148. The monoisotopic (exact) mass is 366 g/mol. The molecule has 0 saturated carbocycles. The zero-order valence-corrected chi connectivity index (χ0v) is 15.4. The van der Waals surface area contributed by atoms with E-state index in [4.69, 9.17) is 11.6 Å². The Kier molecular flexibility index (Phi) is 6.34. The summed E-state index contributed by atoms with van der Waals surface area (Å²) in [6.07, 6.45) is 0.135. The van der Waals surface area contributed by atoms with Gasteiger partial charge in [0.05, 0.1) is 24.2 Å². The lowest BCUT2D eigenvalue weighted by Gasteiger charge is -2.25. The molecule has 5 nitrogen and oxygen atoms in total. The summed E-state index contributed by atoms with van der Waals surface area (Å²) < 4.78 is 4.65. The van der Waals surface area contributed by atoms with Crippen LogP contribution in [0, 0.1) is 0 Å². The van der Waals surface area contributed by atoms with Crippen LogP contribution in [0.3, 0.4) is 0 Å². The van der Waals surface area contributed by atoms with Crippen LogP contribution in [0.1, 0.15) is 19.5 Å². The molecule has 0 N–H and O–H groups in total. The Hall–Kier alpha value is -1.92. The van der Waals surface area contributed by atoms with Gasteiger partial charge in [-0.15, -0.1) is 11.3 Å². The maximum absolute atomic E-state index is 12.5. The second-order valence-electron chi connectivity index (χ2n) is 5.49. The number of thiazole rings is 1. The maximum atomic E-state index is 12.5. The second-order valence-corrected chi connectivity index (χ2v) is 6.76. The molecule has 128 valence electrons. The van der Waals surface area contributed by atoms with Gasteiger partial charge in [0.1, 0.15) is 11.6 Å². The van der Waals surface area contributed by atoms with Gasteiger partial charge in [-0.25, -0.2) is 4.98 Å². The molecule has 0 fully saturated rings. The number of esters is 1. The third kappa shape index (κ3) is 4.55. The van der Waals surface area contributed by atoms with Crippen molar-refractivity contribution in [2.24, 2.45) is 0 Å². The number of carbonyl (C=O) groups is 2. The van der Waals surface area contributed by atoms with Crippen molar-refractivity contribution in [3.63, 3.8) is 0 Å². The molecule has 1 heterocycles. The van der Waals surface area contributed by atoms with E-state index in [2.05, 4.69) is 9.72 Å². The quantitative estimate of drug-likeness (QED) is 0.735. The SMILES string of the molecule is COC(=O)CN(C(=O)Cc1csc(-c2ccccc2Cl)n1)C(C)C. The molecule has 7 heteroatoms. The van der Waals surface area contributed by atoms with Crippen molar-refractivity contribution in [2.45, 2.75) is 26.3 Å². The first-order chi connectivity index (χ1) is 11.4. The average molecular weight is 367 g/mol. The van der Waals surface area contributed by atoms with E-state index in [1.807, 2.05) is 37.4 Å².